The Hall–Kier alpha value is -5.66. The van der Waals surface area contributed by atoms with Crippen LogP contribution in [-0.4, -0.2) is 93.1 Å². The van der Waals surface area contributed by atoms with E-state index in [4.69, 9.17) is 19.4 Å². The third-order valence-corrected chi connectivity index (χ3v) is 14.2. The Morgan fingerprint density at radius 3 is 1.70 bits per heavy atom. The standard InChI is InChI=1S/C49H64N8O6/c1-27(2)41(54-47(60)62-7)45(58)56-25-29(5)19-39(56)43-50-23-37(52-43)32-13-11-31(12-14-32)33-21-35(34-15-18-49(36(34)22-33)16-9-10-17-49)38-24-51-44(53-38)40-20-30(6)26-57(40)46(59)42(28(3)4)55-48(61)63-8/h11-14,21-24,27-30,39-42H,9-10,15-20,25-26H2,1-8H3,(H,50,52)(H,51,53)(H,54,60)(H,55,61)/t29-,30-,39-,40-,41-,42-/m0/s1. The largest absolute Gasteiger partial charge is 0.453 e. The molecule has 6 atom stereocenters. The van der Waals surface area contributed by atoms with Gasteiger partial charge in [-0.1, -0.05) is 84.7 Å². The van der Waals surface area contributed by atoms with E-state index in [9.17, 15) is 19.2 Å². The van der Waals surface area contributed by atoms with Gasteiger partial charge in [0, 0.05) is 18.7 Å². The zero-order chi connectivity index (χ0) is 44.7. The van der Waals surface area contributed by atoms with Crippen LogP contribution in [0.2, 0.25) is 0 Å². The minimum absolute atomic E-state index is 0.118. The summed E-state index contributed by atoms with van der Waals surface area (Å²) in [5, 5.41) is 5.50. The van der Waals surface area contributed by atoms with Crippen molar-refractivity contribution in [1.82, 2.24) is 40.4 Å². The van der Waals surface area contributed by atoms with Crippen molar-refractivity contribution in [2.75, 3.05) is 27.3 Å². The number of hydrogen-bond acceptors (Lipinski definition) is 8. The maximum absolute atomic E-state index is 14.0. The average Bonchev–Trinajstić information content (AvgIpc) is 4.14. The second-order valence-electron chi connectivity index (χ2n) is 19.4. The van der Waals surface area contributed by atoms with E-state index in [2.05, 4.69) is 70.8 Å². The molecule has 14 heteroatoms. The number of alkyl carbamates (subject to hydrolysis) is 2. The normalized spacial score (nSPS) is 22.4. The molecule has 63 heavy (non-hydrogen) atoms. The van der Waals surface area contributed by atoms with Crippen molar-refractivity contribution in [3.63, 3.8) is 0 Å². The molecule has 336 valence electrons. The number of imidazole rings is 2. The van der Waals surface area contributed by atoms with E-state index in [0.29, 0.717) is 13.1 Å². The number of aromatic amines is 2. The molecule has 2 aromatic heterocycles. The summed E-state index contributed by atoms with van der Waals surface area (Å²) in [5.41, 5.74) is 9.28. The zero-order valence-corrected chi connectivity index (χ0v) is 38.0. The van der Waals surface area contributed by atoms with Gasteiger partial charge in [-0.05, 0) is 101 Å². The number of ether oxygens (including phenoxy) is 2. The van der Waals surface area contributed by atoms with E-state index >= 15 is 0 Å². The first-order valence-electron chi connectivity index (χ1n) is 22.9. The summed E-state index contributed by atoms with van der Waals surface area (Å²) in [4.78, 5) is 72.9. The molecule has 2 saturated heterocycles. The van der Waals surface area contributed by atoms with Crippen molar-refractivity contribution in [2.45, 2.75) is 122 Å². The molecular formula is C49H64N8O6. The molecule has 2 aromatic carbocycles. The second kappa shape index (κ2) is 17.8. The lowest BCUT2D eigenvalue weighted by Gasteiger charge is -2.30. The van der Waals surface area contributed by atoms with Crippen LogP contribution in [0.1, 0.15) is 121 Å². The van der Waals surface area contributed by atoms with E-state index in [1.54, 1.807) is 0 Å². The smallest absolute Gasteiger partial charge is 0.407 e. The van der Waals surface area contributed by atoms with Crippen molar-refractivity contribution in [1.29, 1.82) is 0 Å². The molecule has 8 rings (SSSR count). The molecule has 4 N–H and O–H groups in total. The van der Waals surface area contributed by atoms with E-state index in [1.165, 1.54) is 51.0 Å². The van der Waals surface area contributed by atoms with Gasteiger partial charge in [-0.15, -0.1) is 0 Å². The molecule has 14 nitrogen and oxygen atoms in total. The Morgan fingerprint density at radius 1 is 0.698 bits per heavy atom. The number of fused-ring (bicyclic) bond motifs is 2. The van der Waals surface area contributed by atoms with Crippen molar-refractivity contribution in [3.8, 4) is 33.6 Å². The summed E-state index contributed by atoms with van der Waals surface area (Å²) < 4.78 is 9.67. The van der Waals surface area contributed by atoms with Gasteiger partial charge in [0.15, 0.2) is 0 Å². The van der Waals surface area contributed by atoms with Gasteiger partial charge < -0.3 is 39.9 Å². The molecule has 4 aromatic rings. The molecule has 1 saturated carbocycles. The van der Waals surface area contributed by atoms with Gasteiger partial charge in [-0.25, -0.2) is 19.6 Å². The van der Waals surface area contributed by atoms with Gasteiger partial charge in [-0.2, -0.15) is 0 Å². The molecule has 4 amide bonds. The van der Waals surface area contributed by atoms with Gasteiger partial charge in [0.25, 0.3) is 0 Å². The Bertz CT molecular complexity index is 2330. The fraction of sp³-hybridized carbons (Fsp3) is 0.551. The Labute approximate surface area is 370 Å². The zero-order valence-electron chi connectivity index (χ0n) is 38.0. The van der Waals surface area contributed by atoms with Crippen LogP contribution in [0.3, 0.4) is 0 Å². The molecule has 4 heterocycles. The van der Waals surface area contributed by atoms with Crippen LogP contribution in [-0.2, 0) is 30.9 Å². The van der Waals surface area contributed by atoms with Crippen LogP contribution in [0.4, 0.5) is 9.59 Å². The van der Waals surface area contributed by atoms with Crippen LogP contribution >= 0.6 is 0 Å². The van der Waals surface area contributed by atoms with Crippen LogP contribution in [0.5, 0.6) is 0 Å². The number of carbonyl (C=O) groups excluding carboxylic acids is 4. The molecule has 2 aliphatic carbocycles. The number of carbonyl (C=O) groups is 4. The molecule has 0 bridgehead atoms. The van der Waals surface area contributed by atoms with Gasteiger partial charge in [0.05, 0.1) is 50.1 Å². The van der Waals surface area contributed by atoms with Crippen LogP contribution in [0.25, 0.3) is 33.6 Å². The highest BCUT2D eigenvalue weighted by Crippen LogP contribution is 2.53. The highest BCUT2D eigenvalue weighted by Gasteiger charge is 2.44. The number of rotatable bonds is 11. The minimum Gasteiger partial charge on any atom is -0.453 e. The minimum atomic E-state index is -0.707. The molecule has 0 radical (unpaired) electrons. The van der Waals surface area contributed by atoms with Gasteiger partial charge in [0.1, 0.15) is 23.7 Å². The SMILES string of the molecule is COC(=O)N[C@H](C(=O)N1C[C@@H](C)C[C@H]1c1ncc(-c2ccc(-c3cc(-c4cnc([C@@H]5C[C@H](C)CN5C(=O)[C@@H](NC(=O)OC)C(C)C)[nH]4)c4c(c3)C3(CCCC3)CC4)cc2)[nH]1)C(C)C. The lowest BCUT2D eigenvalue weighted by Crippen LogP contribution is -2.51. The maximum Gasteiger partial charge on any atom is 0.407 e. The van der Waals surface area contributed by atoms with E-state index in [-0.39, 0.29) is 53.0 Å². The lowest BCUT2D eigenvalue weighted by atomic mass is 9.79. The summed E-state index contributed by atoms with van der Waals surface area (Å²) >= 11 is 0. The number of aromatic nitrogens is 4. The van der Waals surface area contributed by atoms with Crippen molar-refractivity contribution in [2.24, 2.45) is 23.7 Å². The monoisotopic (exact) mass is 860 g/mol. The predicted octanol–water partition coefficient (Wildman–Crippen LogP) is 8.47. The van der Waals surface area contributed by atoms with Crippen LogP contribution < -0.4 is 10.6 Å². The number of H-pyrrole nitrogens is 2. The number of amides is 4. The quantitative estimate of drug-likeness (QED) is 0.116. The Kier molecular flexibility index (Phi) is 12.5. The first-order chi connectivity index (χ1) is 30.2. The highest BCUT2D eigenvalue weighted by molar-refractivity contribution is 5.87. The molecule has 3 fully saturated rings. The summed E-state index contributed by atoms with van der Waals surface area (Å²) in [7, 11) is 2.61. The van der Waals surface area contributed by atoms with E-state index in [0.717, 1.165) is 71.0 Å². The maximum atomic E-state index is 14.0. The first kappa shape index (κ1) is 44.0. The van der Waals surface area contributed by atoms with Crippen molar-refractivity contribution in [3.05, 3.63) is 71.6 Å². The van der Waals surface area contributed by atoms with E-state index < -0.39 is 24.3 Å². The number of nitrogens with one attached hydrogen (secondary N) is 4. The van der Waals surface area contributed by atoms with Crippen LogP contribution in [0.15, 0.2) is 48.8 Å². The number of benzene rings is 2. The summed E-state index contributed by atoms with van der Waals surface area (Å²) in [5.74, 6) is 1.54. The second-order valence-corrected chi connectivity index (χ2v) is 19.4. The number of hydrogen-bond donors (Lipinski definition) is 4. The lowest BCUT2D eigenvalue weighted by molar-refractivity contribution is -0.136. The first-order valence-corrected chi connectivity index (χ1v) is 22.9. The molecule has 4 aliphatic rings. The highest BCUT2D eigenvalue weighted by atomic mass is 16.5. The number of nitrogens with zero attached hydrogens (tertiary/aromatic N) is 4. The summed E-state index contributed by atoms with van der Waals surface area (Å²) in [6.07, 6.45) is 11.1. The third-order valence-electron chi connectivity index (χ3n) is 14.2. The predicted molar refractivity (Wildman–Crippen MR) is 240 cm³/mol. The van der Waals surface area contributed by atoms with Gasteiger partial charge >= 0.3 is 12.2 Å². The molecule has 1 spiro atoms. The van der Waals surface area contributed by atoms with Gasteiger partial charge in [-0.3, -0.25) is 9.59 Å². The number of methoxy groups -OCH3 is 2. The molecule has 2 aliphatic heterocycles. The fourth-order valence-corrected chi connectivity index (χ4v) is 10.9. The van der Waals surface area contributed by atoms with E-state index in [1.807, 2.05) is 49.9 Å². The summed E-state index contributed by atoms with van der Waals surface area (Å²) in [6.45, 7) is 13.1. The Balaban J connectivity index is 1.07. The number of likely N-dealkylation sites (tertiary alicyclic amines) is 2. The van der Waals surface area contributed by atoms with Crippen molar-refractivity contribution < 1.29 is 28.7 Å². The average molecular weight is 861 g/mol. The Morgan fingerprint density at radius 2 is 1.19 bits per heavy atom. The fourth-order valence-electron chi connectivity index (χ4n) is 10.9. The van der Waals surface area contributed by atoms with Crippen LogP contribution in [0, 0.1) is 23.7 Å². The van der Waals surface area contributed by atoms with Gasteiger partial charge in [0.2, 0.25) is 11.8 Å². The third kappa shape index (κ3) is 8.57. The van der Waals surface area contributed by atoms with Crippen molar-refractivity contribution >= 4 is 24.0 Å². The topological polar surface area (TPSA) is 175 Å². The molecule has 0 unspecified atom stereocenters. The molecular weight excluding hydrogens is 797 g/mol. The summed E-state index contributed by atoms with van der Waals surface area (Å²) in [6, 6.07) is 11.4.